The minimum absolute atomic E-state index is 0.00699. The standard InChI is InChI=1S/C12H16N2O2/c1-12(2)11(16)14(3)10-5-4-8(7-15)6-9(10)13-12/h4-6,13,15H,7H2,1-3H3. The van der Waals surface area contributed by atoms with E-state index >= 15 is 0 Å². The van der Waals surface area contributed by atoms with Crippen LogP contribution in [0.2, 0.25) is 0 Å². The fraction of sp³-hybridized carbons (Fsp3) is 0.417. The lowest BCUT2D eigenvalue weighted by Crippen LogP contribution is -2.52. The molecule has 1 heterocycles. The first-order valence-corrected chi connectivity index (χ1v) is 5.26. The van der Waals surface area contributed by atoms with E-state index in [2.05, 4.69) is 5.32 Å². The maximum absolute atomic E-state index is 12.0. The molecule has 0 unspecified atom stereocenters. The zero-order valence-corrected chi connectivity index (χ0v) is 9.74. The third-order valence-corrected chi connectivity index (χ3v) is 2.89. The van der Waals surface area contributed by atoms with Gasteiger partial charge in [-0.3, -0.25) is 4.79 Å². The zero-order chi connectivity index (χ0) is 11.9. The maximum atomic E-state index is 12.0. The molecule has 0 aromatic heterocycles. The third-order valence-electron chi connectivity index (χ3n) is 2.89. The minimum Gasteiger partial charge on any atom is -0.392 e. The van der Waals surface area contributed by atoms with Crippen LogP contribution in [0.25, 0.3) is 0 Å². The van der Waals surface area contributed by atoms with Gasteiger partial charge in [0.05, 0.1) is 18.0 Å². The van der Waals surface area contributed by atoms with Gasteiger partial charge in [0, 0.05) is 7.05 Å². The van der Waals surface area contributed by atoms with Gasteiger partial charge >= 0.3 is 0 Å². The number of aliphatic hydroxyl groups is 1. The molecular weight excluding hydrogens is 204 g/mol. The van der Waals surface area contributed by atoms with Crippen LogP contribution in [0.4, 0.5) is 11.4 Å². The number of nitrogens with one attached hydrogen (secondary N) is 1. The second-order valence-corrected chi connectivity index (χ2v) is 4.62. The molecule has 1 aliphatic rings. The molecule has 0 radical (unpaired) electrons. The van der Waals surface area contributed by atoms with Gasteiger partial charge in [-0.25, -0.2) is 0 Å². The summed E-state index contributed by atoms with van der Waals surface area (Å²) in [6.07, 6.45) is 0. The second kappa shape index (κ2) is 3.49. The number of anilines is 2. The molecule has 0 saturated carbocycles. The Hall–Kier alpha value is -1.55. The van der Waals surface area contributed by atoms with Crippen LogP contribution < -0.4 is 10.2 Å². The molecule has 1 amide bonds. The van der Waals surface area contributed by atoms with Gasteiger partial charge in [0.25, 0.3) is 5.91 Å². The first-order chi connectivity index (χ1) is 7.45. The van der Waals surface area contributed by atoms with Gasteiger partial charge in [-0.1, -0.05) is 6.07 Å². The molecular formula is C12H16N2O2. The highest BCUT2D eigenvalue weighted by Crippen LogP contribution is 2.34. The van der Waals surface area contributed by atoms with E-state index in [1.165, 1.54) is 0 Å². The number of benzene rings is 1. The summed E-state index contributed by atoms with van der Waals surface area (Å²) in [5, 5.41) is 12.3. The lowest BCUT2D eigenvalue weighted by Gasteiger charge is -2.38. The van der Waals surface area contributed by atoms with Crippen molar-refractivity contribution < 1.29 is 9.90 Å². The van der Waals surface area contributed by atoms with Crippen LogP contribution >= 0.6 is 0 Å². The highest BCUT2D eigenvalue weighted by molar-refractivity contribution is 6.06. The van der Waals surface area contributed by atoms with Crippen molar-refractivity contribution in [2.75, 3.05) is 17.3 Å². The fourth-order valence-corrected chi connectivity index (χ4v) is 1.99. The molecule has 86 valence electrons. The summed E-state index contributed by atoms with van der Waals surface area (Å²) in [5.41, 5.74) is 1.97. The number of fused-ring (bicyclic) bond motifs is 1. The second-order valence-electron chi connectivity index (χ2n) is 4.62. The van der Waals surface area contributed by atoms with E-state index in [0.29, 0.717) is 0 Å². The van der Waals surface area contributed by atoms with E-state index in [1.807, 2.05) is 32.0 Å². The van der Waals surface area contributed by atoms with Crippen LogP contribution in [0, 0.1) is 0 Å². The Labute approximate surface area is 94.9 Å². The quantitative estimate of drug-likeness (QED) is 0.751. The first-order valence-electron chi connectivity index (χ1n) is 5.26. The van der Waals surface area contributed by atoms with E-state index in [1.54, 1.807) is 11.9 Å². The van der Waals surface area contributed by atoms with Crippen molar-refractivity contribution in [1.82, 2.24) is 0 Å². The zero-order valence-electron chi connectivity index (χ0n) is 9.74. The molecule has 4 nitrogen and oxygen atoms in total. The predicted octanol–water partition coefficient (Wildman–Crippen LogP) is 1.35. The number of amides is 1. The number of hydrogen-bond donors (Lipinski definition) is 2. The molecule has 0 atom stereocenters. The summed E-state index contributed by atoms with van der Waals surface area (Å²) in [5.74, 6) is 0.0387. The molecule has 0 spiro atoms. The average Bonchev–Trinajstić information content (AvgIpc) is 2.25. The van der Waals surface area contributed by atoms with Gasteiger partial charge in [0.2, 0.25) is 0 Å². The van der Waals surface area contributed by atoms with Crippen molar-refractivity contribution in [3.8, 4) is 0 Å². The number of carbonyl (C=O) groups excluding carboxylic acids is 1. The van der Waals surface area contributed by atoms with Crippen molar-refractivity contribution >= 4 is 17.3 Å². The van der Waals surface area contributed by atoms with Crippen molar-refractivity contribution in [3.05, 3.63) is 23.8 Å². The number of carbonyl (C=O) groups is 1. The molecule has 0 bridgehead atoms. The molecule has 1 aliphatic heterocycles. The average molecular weight is 220 g/mol. The Morgan fingerprint density at radius 3 is 2.75 bits per heavy atom. The molecule has 4 heteroatoms. The van der Waals surface area contributed by atoms with Gasteiger partial charge in [-0.05, 0) is 31.5 Å². The number of nitrogens with zero attached hydrogens (tertiary/aromatic N) is 1. The van der Waals surface area contributed by atoms with E-state index in [9.17, 15) is 4.79 Å². The largest absolute Gasteiger partial charge is 0.392 e. The first kappa shape index (κ1) is 11.0. The van der Waals surface area contributed by atoms with Gasteiger partial charge < -0.3 is 15.3 Å². The Bertz CT molecular complexity index is 441. The predicted molar refractivity (Wildman–Crippen MR) is 63.5 cm³/mol. The van der Waals surface area contributed by atoms with Gasteiger partial charge in [0.1, 0.15) is 5.54 Å². The van der Waals surface area contributed by atoms with Gasteiger partial charge in [-0.15, -0.1) is 0 Å². The van der Waals surface area contributed by atoms with E-state index < -0.39 is 5.54 Å². The van der Waals surface area contributed by atoms with Gasteiger partial charge in [-0.2, -0.15) is 0 Å². The smallest absolute Gasteiger partial charge is 0.251 e. The topological polar surface area (TPSA) is 52.6 Å². The molecule has 1 aromatic carbocycles. The summed E-state index contributed by atoms with van der Waals surface area (Å²) in [7, 11) is 1.77. The van der Waals surface area contributed by atoms with Crippen LogP contribution in [0.15, 0.2) is 18.2 Å². The molecule has 0 fully saturated rings. The van der Waals surface area contributed by atoms with Crippen molar-refractivity contribution in [1.29, 1.82) is 0 Å². The van der Waals surface area contributed by atoms with Crippen molar-refractivity contribution in [2.24, 2.45) is 0 Å². The summed E-state index contributed by atoms with van der Waals surface area (Å²) in [6, 6.07) is 5.55. The summed E-state index contributed by atoms with van der Waals surface area (Å²) < 4.78 is 0. The Morgan fingerprint density at radius 2 is 2.12 bits per heavy atom. The van der Waals surface area contributed by atoms with E-state index in [-0.39, 0.29) is 12.5 Å². The Balaban J connectivity index is 2.51. The monoisotopic (exact) mass is 220 g/mol. The van der Waals surface area contributed by atoms with Crippen molar-refractivity contribution in [2.45, 2.75) is 26.0 Å². The van der Waals surface area contributed by atoms with Crippen LogP contribution in [-0.4, -0.2) is 23.6 Å². The summed E-state index contributed by atoms with van der Waals surface area (Å²) in [6.45, 7) is 3.70. The number of rotatable bonds is 1. The highest BCUT2D eigenvalue weighted by Gasteiger charge is 2.36. The lowest BCUT2D eigenvalue weighted by molar-refractivity contribution is -0.121. The lowest BCUT2D eigenvalue weighted by atomic mass is 9.98. The Kier molecular flexibility index (Phi) is 2.39. The maximum Gasteiger partial charge on any atom is 0.251 e. The van der Waals surface area contributed by atoms with E-state index in [4.69, 9.17) is 5.11 Å². The molecule has 2 rings (SSSR count). The SMILES string of the molecule is CN1C(=O)C(C)(C)Nc2cc(CO)ccc21. The Morgan fingerprint density at radius 1 is 1.44 bits per heavy atom. The molecule has 0 aliphatic carbocycles. The van der Waals surface area contributed by atoms with Crippen LogP contribution in [0.1, 0.15) is 19.4 Å². The molecule has 1 aromatic rings. The summed E-state index contributed by atoms with van der Waals surface area (Å²) >= 11 is 0. The molecule has 2 N–H and O–H groups in total. The third kappa shape index (κ3) is 1.55. The van der Waals surface area contributed by atoms with Crippen molar-refractivity contribution in [3.63, 3.8) is 0 Å². The van der Waals surface area contributed by atoms with Gasteiger partial charge in [0.15, 0.2) is 0 Å². The normalized spacial score (nSPS) is 18.0. The number of hydrogen-bond acceptors (Lipinski definition) is 3. The number of likely N-dealkylation sites (N-methyl/N-ethyl adjacent to an activating group) is 1. The minimum atomic E-state index is -0.601. The number of aliphatic hydroxyl groups excluding tert-OH is 1. The molecule has 0 saturated heterocycles. The van der Waals surface area contributed by atoms with E-state index in [0.717, 1.165) is 16.9 Å². The summed E-state index contributed by atoms with van der Waals surface area (Å²) in [4.78, 5) is 13.6. The highest BCUT2D eigenvalue weighted by atomic mass is 16.3. The van der Waals surface area contributed by atoms with Crippen LogP contribution in [-0.2, 0) is 11.4 Å². The van der Waals surface area contributed by atoms with Crippen LogP contribution in [0.5, 0.6) is 0 Å². The van der Waals surface area contributed by atoms with Crippen LogP contribution in [0.3, 0.4) is 0 Å². The molecule has 16 heavy (non-hydrogen) atoms. The fourth-order valence-electron chi connectivity index (χ4n) is 1.99.